The molecule has 30 heavy (non-hydrogen) atoms. The molecule has 1 unspecified atom stereocenters. The minimum absolute atomic E-state index is 0.136. The van der Waals surface area contributed by atoms with Gasteiger partial charge in [0, 0.05) is 25.2 Å². The average molecular weight is 431 g/mol. The zero-order chi connectivity index (χ0) is 21.3. The molecular weight excluding hydrogens is 410 g/mol. The standard InChI is InChI=1S/C20H21N3O6S/c24-20-22(14-18(29-20)15-6-2-1-3-7-15)16-10-12-21(13-11-16)30(27,28)19-9-5-4-8-17(19)23(25)26/h1-9,16,18H,10-14H2. The van der Waals surface area contributed by atoms with Crippen molar-refractivity contribution in [2.45, 2.75) is 29.9 Å². The number of nitro groups is 1. The van der Waals surface area contributed by atoms with E-state index in [1.54, 1.807) is 4.90 Å². The summed E-state index contributed by atoms with van der Waals surface area (Å²) in [7, 11) is -3.99. The lowest BCUT2D eigenvalue weighted by Crippen LogP contribution is -2.47. The van der Waals surface area contributed by atoms with Gasteiger partial charge in [0.1, 0.15) is 6.10 Å². The number of hydrogen-bond donors (Lipinski definition) is 0. The number of rotatable bonds is 5. The number of carbonyl (C=O) groups excluding carboxylic acids is 1. The molecule has 2 fully saturated rings. The van der Waals surface area contributed by atoms with E-state index in [1.165, 1.54) is 28.6 Å². The molecule has 0 N–H and O–H groups in total. The third-order valence-electron chi connectivity index (χ3n) is 5.56. The van der Waals surface area contributed by atoms with Gasteiger partial charge in [-0.15, -0.1) is 0 Å². The van der Waals surface area contributed by atoms with Gasteiger partial charge in [0.2, 0.25) is 10.0 Å². The predicted octanol–water partition coefficient (Wildman–Crippen LogP) is 2.94. The Morgan fingerprint density at radius 3 is 2.30 bits per heavy atom. The second-order valence-corrected chi connectivity index (χ2v) is 9.20. The van der Waals surface area contributed by atoms with Gasteiger partial charge in [-0.05, 0) is 24.5 Å². The molecule has 2 saturated heterocycles. The molecule has 2 aromatic rings. The van der Waals surface area contributed by atoms with Crippen LogP contribution in [-0.2, 0) is 14.8 Å². The highest BCUT2D eigenvalue weighted by molar-refractivity contribution is 7.89. The number of sulfonamides is 1. The van der Waals surface area contributed by atoms with Crippen LogP contribution in [0.5, 0.6) is 0 Å². The Balaban J connectivity index is 1.44. The fourth-order valence-electron chi connectivity index (χ4n) is 3.98. The van der Waals surface area contributed by atoms with Crippen molar-refractivity contribution in [3.63, 3.8) is 0 Å². The summed E-state index contributed by atoms with van der Waals surface area (Å²) in [4.78, 5) is 24.3. The second-order valence-electron chi connectivity index (χ2n) is 7.30. The SMILES string of the molecule is O=C1OC(c2ccccc2)CN1C1CCN(S(=O)(=O)c2ccccc2[N+](=O)[O-])CC1. The predicted molar refractivity (Wildman–Crippen MR) is 107 cm³/mol. The summed E-state index contributed by atoms with van der Waals surface area (Å²) in [6.45, 7) is 0.780. The summed E-state index contributed by atoms with van der Waals surface area (Å²) in [5, 5.41) is 11.2. The maximum atomic E-state index is 13.0. The first kappa shape index (κ1) is 20.3. The molecule has 0 aliphatic carbocycles. The van der Waals surface area contributed by atoms with Gasteiger partial charge in [-0.2, -0.15) is 4.31 Å². The Morgan fingerprint density at radius 1 is 1.00 bits per heavy atom. The molecule has 0 radical (unpaired) electrons. The van der Waals surface area contributed by atoms with E-state index in [2.05, 4.69) is 0 Å². The number of amides is 1. The van der Waals surface area contributed by atoms with Crippen molar-refractivity contribution in [1.29, 1.82) is 0 Å². The molecule has 0 spiro atoms. The number of ether oxygens (including phenoxy) is 1. The highest BCUT2D eigenvalue weighted by Gasteiger charge is 2.40. The van der Waals surface area contributed by atoms with Crippen LogP contribution in [0.3, 0.4) is 0 Å². The minimum Gasteiger partial charge on any atom is -0.439 e. The lowest BCUT2D eigenvalue weighted by atomic mass is 10.0. The Bertz CT molecular complexity index is 1050. The summed E-state index contributed by atoms with van der Waals surface area (Å²) in [6.07, 6.45) is 0.142. The van der Waals surface area contributed by atoms with Gasteiger partial charge in [0.15, 0.2) is 4.90 Å². The Hall–Kier alpha value is -2.98. The molecule has 4 rings (SSSR count). The van der Waals surface area contributed by atoms with Crippen LogP contribution in [0.1, 0.15) is 24.5 Å². The largest absolute Gasteiger partial charge is 0.439 e. The third kappa shape index (κ3) is 3.75. The molecule has 1 amide bonds. The number of hydrogen-bond acceptors (Lipinski definition) is 6. The van der Waals surface area contributed by atoms with Crippen molar-refractivity contribution in [2.75, 3.05) is 19.6 Å². The number of nitro benzene ring substituents is 1. The number of nitrogens with zero attached hydrogens (tertiary/aromatic N) is 3. The number of benzene rings is 2. The van der Waals surface area contributed by atoms with Crippen molar-refractivity contribution in [1.82, 2.24) is 9.21 Å². The van der Waals surface area contributed by atoms with Crippen LogP contribution in [-0.4, -0.2) is 54.3 Å². The van der Waals surface area contributed by atoms with Gasteiger partial charge in [-0.1, -0.05) is 42.5 Å². The molecule has 1 atom stereocenters. The summed E-state index contributed by atoms with van der Waals surface area (Å²) in [5.74, 6) is 0. The Kier molecular flexibility index (Phi) is 5.44. The number of carbonyl (C=O) groups is 1. The van der Waals surface area contributed by atoms with E-state index >= 15 is 0 Å². The summed E-state index contributed by atoms with van der Waals surface area (Å²) < 4.78 is 32.7. The minimum atomic E-state index is -3.99. The van der Waals surface area contributed by atoms with Crippen LogP contribution in [0.2, 0.25) is 0 Å². The second kappa shape index (κ2) is 8.04. The molecular formula is C20H21N3O6S. The third-order valence-corrected chi connectivity index (χ3v) is 7.50. The Morgan fingerprint density at radius 2 is 1.63 bits per heavy atom. The zero-order valence-corrected chi connectivity index (χ0v) is 16.9. The first-order valence-electron chi connectivity index (χ1n) is 9.63. The monoisotopic (exact) mass is 431 g/mol. The van der Waals surface area contributed by atoms with Crippen molar-refractivity contribution in [3.8, 4) is 0 Å². The van der Waals surface area contributed by atoms with Crippen molar-refractivity contribution < 1.29 is 22.9 Å². The molecule has 158 valence electrons. The molecule has 0 aromatic heterocycles. The maximum absolute atomic E-state index is 13.0. The topological polar surface area (TPSA) is 110 Å². The molecule has 9 nitrogen and oxygen atoms in total. The van der Waals surface area contributed by atoms with E-state index in [0.29, 0.717) is 19.4 Å². The van der Waals surface area contributed by atoms with E-state index in [0.717, 1.165) is 5.56 Å². The van der Waals surface area contributed by atoms with Crippen LogP contribution in [0, 0.1) is 10.1 Å². The first-order valence-corrected chi connectivity index (χ1v) is 11.1. The van der Waals surface area contributed by atoms with E-state index in [4.69, 9.17) is 4.74 Å². The molecule has 2 heterocycles. The number of para-hydroxylation sites is 1. The smallest absolute Gasteiger partial charge is 0.410 e. The molecule has 0 saturated carbocycles. The Labute approximate surface area is 174 Å². The molecule has 2 aliphatic rings. The molecule has 0 bridgehead atoms. The fourth-order valence-corrected chi connectivity index (χ4v) is 5.61. The maximum Gasteiger partial charge on any atom is 0.410 e. The van der Waals surface area contributed by atoms with Gasteiger partial charge in [0.25, 0.3) is 5.69 Å². The van der Waals surface area contributed by atoms with Gasteiger partial charge < -0.3 is 9.64 Å². The van der Waals surface area contributed by atoms with Crippen molar-refractivity contribution in [3.05, 3.63) is 70.3 Å². The van der Waals surface area contributed by atoms with Gasteiger partial charge in [-0.25, -0.2) is 13.2 Å². The van der Waals surface area contributed by atoms with Crippen LogP contribution in [0.25, 0.3) is 0 Å². The van der Waals surface area contributed by atoms with Crippen molar-refractivity contribution >= 4 is 21.8 Å². The summed E-state index contributed by atoms with van der Waals surface area (Å²) in [6, 6.07) is 14.7. The lowest BCUT2D eigenvalue weighted by molar-refractivity contribution is -0.387. The van der Waals surface area contributed by atoms with Gasteiger partial charge >= 0.3 is 6.09 Å². The van der Waals surface area contributed by atoms with E-state index in [-0.39, 0.29) is 30.1 Å². The number of piperidine rings is 1. The summed E-state index contributed by atoms with van der Waals surface area (Å²) >= 11 is 0. The van der Waals surface area contributed by atoms with E-state index < -0.39 is 26.7 Å². The lowest BCUT2D eigenvalue weighted by Gasteiger charge is -2.34. The highest BCUT2D eigenvalue weighted by atomic mass is 32.2. The van der Waals surface area contributed by atoms with Crippen LogP contribution in [0.15, 0.2) is 59.5 Å². The van der Waals surface area contributed by atoms with Crippen molar-refractivity contribution in [2.24, 2.45) is 0 Å². The van der Waals surface area contributed by atoms with Crippen LogP contribution in [0.4, 0.5) is 10.5 Å². The molecule has 2 aromatic carbocycles. The number of cyclic esters (lactones) is 1. The fraction of sp³-hybridized carbons (Fsp3) is 0.350. The first-order chi connectivity index (χ1) is 14.4. The van der Waals surface area contributed by atoms with Crippen LogP contribution >= 0.6 is 0 Å². The van der Waals surface area contributed by atoms with E-state index in [1.807, 2.05) is 30.3 Å². The van der Waals surface area contributed by atoms with Gasteiger partial charge in [0.05, 0.1) is 11.5 Å². The molecule has 10 heteroatoms. The quantitative estimate of drug-likeness (QED) is 0.532. The molecule has 2 aliphatic heterocycles. The average Bonchev–Trinajstić information content (AvgIpc) is 3.16. The van der Waals surface area contributed by atoms with Crippen LogP contribution < -0.4 is 0 Å². The highest BCUT2D eigenvalue weighted by Crippen LogP contribution is 2.32. The zero-order valence-electron chi connectivity index (χ0n) is 16.1. The van der Waals surface area contributed by atoms with E-state index in [9.17, 15) is 23.3 Å². The van der Waals surface area contributed by atoms with Gasteiger partial charge in [-0.3, -0.25) is 10.1 Å². The normalized spacial score (nSPS) is 20.9. The summed E-state index contributed by atoms with van der Waals surface area (Å²) in [5.41, 5.74) is 0.484.